The maximum atomic E-state index is 11.8. The first-order valence-corrected chi connectivity index (χ1v) is 16.9. The van der Waals surface area contributed by atoms with Gasteiger partial charge in [-0.05, 0) is 72.8 Å². The van der Waals surface area contributed by atoms with Crippen LogP contribution in [0, 0.1) is 0 Å². The zero-order chi connectivity index (χ0) is 31.7. The standard InChI is InChI=1S/C36H34O6S3/c1-3-35(37)41-29(25-43-31-11-7-5-8-12-31)23-39-27-15-19-33(20-16-27)45-34-21-17-28(18-22-34)40-24-30(42-36(38)4-2)26-44-32-13-9-6-10-14-32/h3-22,29-30H,1-2,23-26H2. The van der Waals surface area contributed by atoms with E-state index in [9.17, 15) is 9.59 Å². The summed E-state index contributed by atoms with van der Waals surface area (Å²) in [6, 6.07) is 35.4. The highest BCUT2D eigenvalue weighted by molar-refractivity contribution is 7.99. The minimum Gasteiger partial charge on any atom is -0.490 e. The lowest BCUT2D eigenvalue weighted by atomic mass is 10.3. The maximum absolute atomic E-state index is 11.8. The summed E-state index contributed by atoms with van der Waals surface area (Å²) in [5, 5.41) is 0. The Balaban J connectivity index is 1.25. The molecule has 2 unspecified atom stereocenters. The Kier molecular flexibility index (Phi) is 14.1. The van der Waals surface area contributed by atoms with Gasteiger partial charge in [0.2, 0.25) is 0 Å². The molecule has 0 N–H and O–H groups in total. The monoisotopic (exact) mass is 658 g/mol. The van der Waals surface area contributed by atoms with E-state index in [1.54, 1.807) is 35.3 Å². The maximum Gasteiger partial charge on any atom is 0.330 e. The fourth-order valence-corrected chi connectivity index (χ4v) is 6.39. The van der Waals surface area contributed by atoms with Gasteiger partial charge in [0, 0.05) is 43.2 Å². The van der Waals surface area contributed by atoms with Gasteiger partial charge in [0.05, 0.1) is 0 Å². The van der Waals surface area contributed by atoms with Crippen molar-refractivity contribution in [2.24, 2.45) is 0 Å². The highest BCUT2D eigenvalue weighted by Gasteiger charge is 2.16. The van der Waals surface area contributed by atoms with Crippen LogP contribution in [0.4, 0.5) is 0 Å². The molecule has 0 fully saturated rings. The first-order chi connectivity index (χ1) is 22.0. The van der Waals surface area contributed by atoms with Crippen molar-refractivity contribution in [2.75, 3.05) is 24.7 Å². The van der Waals surface area contributed by atoms with Gasteiger partial charge in [0.1, 0.15) is 36.9 Å². The van der Waals surface area contributed by atoms with Gasteiger partial charge in [-0.15, -0.1) is 23.5 Å². The molecule has 0 heterocycles. The molecule has 0 aliphatic rings. The van der Waals surface area contributed by atoms with Crippen LogP contribution in [0.3, 0.4) is 0 Å². The zero-order valence-electron chi connectivity index (χ0n) is 24.6. The van der Waals surface area contributed by atoms with E-state index in [0.717, 1.165) is 31.7 Å². The van der Waals surface area contributed by atoms with E-state index in [-0.39, 0.29) is 13.2 Å². The van der Waals surface area contributed by atoms with Crippen molar-refractivity contribution < 1.29 is 28.5 Å². The molecule has 0 spiro atoms. The van der Waals surface area contributed by atoms with E-state index in [1.807, 2.05) is 109 Å². The number of thioether (sulfide) groups is 2. The van der Waals surface area contributed by atoms with Crippen molar-refractivity contribution >= 4 is 47.2 Å². The topological polar surface area (TPSA) is 71.1 Å². The number of hydrogen-bond donors (Lipinski definition) is 0. The van der Waals surface area contributed by atoms with Crippen LogP contribution in [-0.2, 0) is 19.1 Å². The summed E-state index contributed by atoms with van der Waals surface area (Å²) in [5.41, 5.74) is 0. The number of hydrogen-bond acceptors (Lipinski definition) is 9. The molecule has 9 heteroatoms. The first kappa shape index (κ1) is 33.8. The molecule has 0 amide bonds. The van der Waals surface area contributed by atoms with Crippen LogP contribution in [0.2, 0.25) is 0 Å². The quantitative estimate of drug-likeness (QED) is 0.0596. The Morgan fingerprint density at radius 3 is 1.29 bits per heavy atom. The fraction of sp³-hybridized carbons (Fsp3) is 0.167. The number of carbonyl (C=O) groups excluding carboxylic acids is 2. The van der Waals surface area contributed by atoms with Crippen LogP contribution in [0.1, 0.15) is 0 Å². The third-order valence-electron chi connectivity index (χ3n) is 6.01. The average Bonchev–Trinajstić information content (AvgIpc) is 3.09. The fourth-order valence-electron chi connectivity index (χ4n) is 3.79. The minimum atomic E-state index is -0.474. The summed E-state index contributed by atoms with van der Waals surface area (Å²) >= 11 is 4.81. The second-order valence-electron chi connectivity index (χ2n) is 9.44. The molecule has 0 saturated heterocycles. The van der Waals surface area contributed by atoms with E-state index < -0.39 is 24.1 Å². The summed E-state index contributed by atoms with van der Waals surface area (Å²) in [4.78, 5) is 27.9. The average molecular weight is 659 g/mol. The molecular formula is C36H34O6S3. The van der Waals surface area contributed by atoms with Gasteiger partial charge < -0.3 is 18.9 Å². The number of rotatable bonds is 18. The van der Waals surface area contributed by atoms with Crippen LogP contribution in [0.25, 0.3) is 0 Å². The number of carbonyl (C=O) groups is 2. The third-order valence-corrected chi connectivity index (χ3v) is 9.32. The molecule has 2 atom stereocenters. The highest BCUT2D eigenvalue weighted by atomic mass is 32.2. The Morgan fingerprint density at radius 2 is 0.933 bits per heavy atom. The smallest absolute Gasteiger partial charge is 0.330 e. The first-order valence-electron chi connectivity index (χ1n) is 14.2. The molecule has 232 valence electrons. The summed E-state index contributed by atoms with van der Waals surface area (Å²) < 4.78 is 22.9. The van der Waals surface area contributed by atoms with E-state index >= 15 is 0 Å². The molecule has 0 saturated carbocycles. The molecule has 0 radical (unpaired) electrons. The van der Waals surface area contributed by atoms with Crippen molar-refractivity contribution in [3.05, 3.63) is 135 Å². The largest absolute Gasteiger partial charge is 0.490 e. The van der Waals surface area contributed by atoms with Crippen molar-refractivity contribution in [3.63, 3.8) is 0 Å². The SMILES string of the molecule is C=CC(=O)OC(COc1ccc(Sc2ccc(OCC(CSc3ccccc3)OC(=O)C=C)cc2)cc1)CSc1ccccc1. The van der Waals surface area contributed by atoms with E-state index in [1.165, 1.54) is 0 Å². The number of esters is 2. The van der Waals surface area contributed by atoms with Gasteiger partial charge >= 0.3 is 11.9 Å². The van der Waals surface area contributed by atoms with Crippen molar-refractivity contribution in [3.8, 4) is 11.5 Å². The molecule has 4 rings (SSSR count). The second-order valence-corrected chi connectivity index (χ2v) is 12.8. The molecule has 4 aromatic rings. The lowest BCUT2D eigenvalue weighted by Crippen LogP contribution is -2.26. The van der Waals surface area contributed by atoms with E-state index in [0.29, 0.717) is 23.0 Å². The van der Waals surface area contributed by atoms with Crippen molar-refractivity contribution in [2.45, 2.75) is 31.8 Å². The van der Waals surface area contributed by atoms with Gasteiger partial charge in [-0.3, -0.25) is 0 Å². The second kappa shape index (κ2) is 18.7. The zero-order valence-corrected chi connectivity index (χ0v) is 27.1. The van der Waals surface area contributed by atoms with Gasteiger partial charge in [0.15, 0.2) is 0 Å². The summed E-state index contributed by atoms with van der Waals surface area (Å²) in [5.74, 6) is 1.54. The van der Waals surface area contributed by atoms with Crippen LogP contribution in [0.5, 0.6) is 11.5 Å². The molecule has 0 aliphatic carbocycles. The summed E-state index contributed by atoms with van der Waals surface area (Å²) in [6.45, 7) is 7.44. The van der Waals surface area contributed by atoms with Crippen LogP contribution in [0.15, 0.2) is 154 Å². The predicted molar refractivity (Wildman–Crippen MR) is 182 cm³/mol. The number of benzene rings is 4. The van der Waals surface area contributed by atoms with Crippen molar-refractivity contribution in [1.82, 2.24) is 0 Å². The van der Waals surface area contributed by atoms with E-state index in [2.05, 4.69) is 13.2 Å². The lowest BCUT2D eigenvalue weighted by Gasteiger charge is -2.18. The van der Waals surface area contributed by atoms with Crippen LogP contribution >= 0.6 is 35.3 Å². The highest BCUT2D eigenvalue weighted by Crippen LogP contribution is 2.31. The summed E-state index contributed by atoms with van der Waals surface area (Å²) in [7, 11) is 0. The molecule has 6 nitrogen and oxygen atoms in total. The number of ether oxygens (including phenoxy) is 4. The molecular weight excluding hydrogens is 625 g/mol. The predicted octanol–water partition coefficient (Wildman–Crippen LogP) is 8.38. The summed E-state index contributed by atoms with van der Waals surface area (Å²) in [6.07, 6.45) is 1.47. The normalized spacial score (nSPS) is 11.9. The van der Waals surface area contributed by atoms with Crippen LogP contribution < -0.4 is 9.47 Å². The van der Waals surface area contributed by atoms with Crippen LogP contribution in [-0.4, -0.2) is 48.9 Å². The van der Waals surface area contributed by atoms with Gasteiger partial charge in [-0.25, -0.2) is 9.59 Å². The van der Waals surface area contributed by atoms with Crippen molar-refractivity contribution in [1.29, 1.82) is 0 Å². The Morgan fingerprint density at radius 1 is 0.556 bits per heavy atom. The third kappa shape index (κ3) is 12.5. The molecule has 4 aromatic carbocycles. The molecule has 0 aromatic heterocycles. The lowest BCUT2D eigenvalue weighted by molar-refractivity contribution is -0.144. The van der Waals surface area contributed by atoms with Gasteiger partial charge in [-0.1, -0.05) is 61.3 Å². The Labute approximate surface area is 277 Å². The Bertz CT molecular complexity index is 1380. The molecule has 45 heavy (non-hydrogen) atoms. The van der Waals surface area contributed by atoms with Gasteiger partial charge in [-0.2, -0.15) is 0 Å². The molecule has 0 aliphatic heterocycles. The molecule has 0 bridgehead atoms. The van der Waals surface area contributed by atoms with E-state index in [4.69, 9.17) is 18.9 Å². The van der Waals surface area contributed by atoms with Gasteiger partial charge in [0.25, 0.3) is 0 Å². The Hall–Kier alpha value is -4.05. The minimum absolute atomic E-state index is 0.228.